The maximum atomic E-state index is 11.0. The van der Waals surface area contributed by atoms with E-state index in [9.17, 15) is 4.79 Å². The zero-order valence-corrected chi connectivity index (χ0v) is 8.75. The summed E-state index contributed by atoms with van der Waals surface area (Å²) < 4.78 is 1.98. The van der Waals surface area contributed by atoms with Gasteiger partial charge >= 0.3 is 4.87 Å². The molecule has 0 radical (unpaired) electrons. The first-order chi connectivity index (χ1) is 5.68. The lowest BCUT2D eigenvalue weighted by Crippen LogP contribution is -1.90. The Hall–Kier alpha value is -0.610. The molecule has 0 amide bonds. The molecular weight excluding hydrogens is 238 g/mol. The minimum Gasteiger partial charge on any atom is -0.312 e. The Kier molecular flexibility index (Phi) is 1.81. The van der Waals surface area contributed by atoms with E-state index in [0.29, 0.717) is 0 Å². The van der Waals surface area contributed by atoms with Crippen molar-refractivity contribution in [3.63, 3.8) is 0 Å². The van der Waals surface area contributed by atoms with Gasteiger partial charge in [-0.05, 0) is 34.5 Å². The number of aryl methyl sites for hydroxylation is 1. The molecule has 1 N–H and O–H groups in total. The van der Waals surface area contributed by atoms with Gasteiger partial charge in [0.1, 0.15) is 0 Å². The summed E-state index contributed by atoms with van der Waals surface area (Å²) in [5, 5.41) is 0. The molecule has 2 rings (SSSR count). The minimum absolute atomic E-state index is 0.000000000000000222. The van der Waals surface area contributed by atoms with Crippen molar-refractivity contribution in [1.82, 2.24) is 4.98 Å². The molecule has 2 nitrogen and oxygen atoms in total. The van der Waals surface area contributed by atoms with Gasteiger partial charge in [-0.15, -0.1) is 0 Å². The molecule has 0 saturated carbocycles. The van der Waals surface area contributed by atoms with Gasteiger partial charge in [0.2, 0.25) is 0 Å². The van der Waals surface area contributed by atoms with Gasteiger partial charge in [-0.25, -0.2) is 0 Å². The molecule has 0 aliphatic carbocycles. The lowest BCUT2D eigenvalue weighted by atomic mass is 10.2. The number of hydrogen-bond donors (Lipinski definition) is 1. The second-order valence-electron chi connectivity index (χ2n) is 2.58. The van der Waals surface area contributed by atoms with Gasteiger partial charge in [-0.2, -0.15) is 0 Å². The van der Waals surface area contributed by atoms with Crippen LogP contribution in [0.5, 0.6) is 0 Å². The Bertz CT molecular complexity index is 443. The van der Waals surface area contributed by atoms with Crippen LogP contribution < -0.4 is 4.87 Å². The fourth-order valence-corrected chi connectivity index (χ4v) is 2.52. The molecule has 12 heavy (non-hydrogen) atoms. The molecule has 0 saturated heterocycles. The van der Waals surface area contributed by atoms with Gasteiger partial charge in [0.05, 0.1) is 10.2 Å². The SMILES string of the molecule is Cc1ccc(Br)c2sc(=O)[nH]c12. The fourth-order valence-electron chi connectivity index (χ4n) is 1.13. The van der Waals surface area contributed by atoms with Gasteiger partial charge in [0, 0.05) is 4.47 Å². The van der Waals surface area contributed by atoms with Gasteiger partial charge in [0.15, 0.2) is 0 Å². The van der Waals surface area contributed by atoms with E-state index >= 15 is 0 Å². The van der Waals surface area contributed by atoms with E-state index in [0.717, 1.165) is 20.3 Å². The van der Waals surface area contributed by atoms with Crippen LogP contribution in [0.15, 0.2) is 21.4 Å². The number of aromatic nitrogens is 1. The smallest absolute Gasteiger partial charge is 0.305 e. The summed E-state index contributed by atoms with van der Waals surface area (Å²) in [6.45, 7) is 1.98. The van der Waals surface area contributed by atoms with Crippen molar-refractivity contribution in [3.8, 4) is 0 Å². The van der Waals surface area contributed by atoms with Crippen LogP contribution in [-0.2, 0) is 0 Å². The van der Waals surface area contributed by atoms with Gasteiger partial charge in [-0.1, -0.05) is 17.4 Å². The number of nitrogens with one attached hydrogen (secondary N) is 1. The van der Waals surface area contributed by atoms with Crippen molar-refractivity contribution in [1.29, 1.82) is 0 Å². The summed E-state index contributed by atoms with van der Waals surface area (Å²) in [7, 11) is 0. The van der Waals surface area contributed by atoms with Crippen LogP contribution in [0, 0.1) is 6.92 Å². The molecule has 2 aromatic rings. The van der Waals surface area contributed by atoms with Crippen molar-refractivity contribution in [2.24, 2.45) is 0 Å². The van der Waals surface area contributed by atoms with Crippen molar-refractivity contribution < 1.29 is 0 Å². The summed E-state index contributed by atoms with van der Waals surface area (Å²) in [6, 6.07) is 3.94. The van der Waals surface area contributed by atoms with E-state index in [1.54, 1.807) is 0 Å². The predicted molar refractivity (Wildman–Crippen MR) is 54.9 cm³/mol. The molecule has 0 spiro atoms. The van der Waals surface area contributed by atoms with Gasteiger partial charge in [0.25, 0.3) is 0 Å². The maximum absolute atomic E-state index is 11.0. The zero-order valence-electron chi connectivity index (χ0n) is 6.35. The Balaban J connectivity index is 3.03. The molecular formula is C8H6BrNOS. The highest BCUT2D eigenvalue weighted by Gasteiger charge is 2.04. The third-order valence-electron chi connectivity index (χ3n) is 1.74. The van der Waals surface area contributed by atoms with E-state index in [1.165, 1.54) is 11.3 Å². The normalized spacial score (nSPS) is 10.8. The summed E-state index contributed by atoms with van der Waals surface area (Å²) in [5.74, 6) is 0. The molecule has 1 heterocycles. The van der Waals surface area contributed by atoms with Crippen LogP contribution in [-0.4, -0.2) is 4.98 Å². The number of rotatable bonds is 0. The van der Waals surface area contributed by atoms with Crippen molar-refractivity contribution in [2.45, 2.75) is 6.92 Å². The molecule has 1 aromatic heterocycles. The highest BCUT2D eigenvalue weighted by Crippen LogP contribution is 2.26. The number of aromatic amines is 1. The number of halogens is 1. The molecule has 4 heteroatoms. The molecule has 0 aliphatic heterocycles. The average Bonchev–Trinajstić information content (AvgIpc) is 2.41. The first-order valence-electron chi connectivity index (χ1n) is 3.46. The quantitative estimate of drug-likeness (QED) is 0.759. The third-order valence-corrected chi connectivity index (χ3v) is 3.58. The van der Waals surface area contributed by atoms with Crippen molar-refractivity contribution in [3.05, 3.63) is 31.8 Å². The van der Waals surface area contributed by atoms with Gasteiger partial charge < -0.3 is 4.98 Å². The van der Waals surface area contributed by atoms with E-state index < -0.39 is 0 Å². The average molecular weight is 244 g/mol. The molecule has 0 atom stereocenters. The lowest BCUT2D eigenvalue weighted by molar-refractivity contribution is 1.37. The van der Waals surface area contributed by atoms with Crippen molar-refractivity contribution >= 4 is 37.5 Å². The van der Waals surface area contributed by atoms with Crippen LogP contribution in [0.1, 0.15) is 5.56 Å². The first kappa shape index (κ1) is 8.01. The summed E-state index contributed by atoms with van der Waals surface area (Å²) in [4.78, 5) is 13.8. The predicted octanol–water partition coefficient (Wildman–Crippen LogP) is 2.66. The minimum atomic E-state index is 0.000000000000000222. The van der Waals surface area contributed by atoms with Crippen LogP contribution in [0.3, 0.4) is 0 Å². The Morgan fingerprint density at radius 3 is 2.92 bits per heavy atom. The van der Waals surface area contributed by atoms with Crippen LogP contribution in [0.2, 0.25) is 0 Å². The Morgan fingerprint density at radius 1 is 1.50 bits per heavy atom. The molecule has 62 valence electrons. The summed E-state index contributed by atoms with van der Waals surface area (Å²) >= 11 is 4.63. The van der Waals surface area contributed by atoms with Gasteiger partial charge in [-0.3, -0.25) is 4.79 Å². The van der Waals surface area contributed by atoms with E-state index in [4.69, 9.17) is 0 Å². The highest BCUT2D eigenvalue weighted by atomic mass is 79.9. The summed E-state index contributed by atoms with van der Waals surface area (Å²) in [6.07, 6.45) is 0. The molecule has 0 unspecified atom stereocenters. The zero-order chi connectivity index (χ0) is 8.72. The lowest BCUT2D eigenvalue weighted by Gasteiger charge is -1.95. The number of H-pyrrole nitrogens is 1. The maximum Gasteiger partial charge on any atom is 0.305 e. The third kappa shape index (κ3) is 1.11. The topological polar surface area (TPSA) is 32.9 Å². The largest absolute Gasteiger partial charge is 0.312 e. The number of thiazole rings is 1. The van der Waals surface area contributed by atoms with Crippen molar-refractivity contribution in [2.75, 3.05) is 0 Å². The second kappa shape index (κ2) is 2.71. The summed E-state index contributed by atoms with van der Waals surface area (Å²) in [5.41, 5.74) is 2.05. The highest BCUT2D eigenvalue weighted by molar-refractivity contribution is 9.10. The van der Waals surface area contributed by atoms with E-state index in [1.807, 2.05) is 19.1 Å². The Morgan fingerprint density at radius 2 is 2.25 bits per heavy atom. The number of fused-ring (bicyclic) bond motifs is 1. The fraction of sp³-hybridized carbons (Fsp3) is 0.125. The standard InChI is InChI=1S/C8H6BrNOS/c1-4-2-3-5(9)7-6(4)10-8(11)12-7/h2-3H,1H3,(H,10,11). The second-order valence-corrected chi connectivity index (χ2v) is 4.42. The first-order valence-corrected chi connectivity index (χ1v) is 5.07. The van der Waals surface area contributed by atoms with Crippen LogP contribution in [0.4, 0.5) is 0 Å². The van der Waals surface area contributed by atoms with E-state index in [2.05, 4.69) is 20.9 Å². The molecule has 1 aromatic carbocycles. The van der Waals surface area contributed by atoms with Crippen LogP contribution >= 0.6 is 27.3 Å². The van der Waals surface area contributed by atoms with E-state index in [-0.39, 0.29) is 4.87 Å². The molecule has 0 fully saturated rings. The monoisotopic (exact) mass is 243 g/mol. The van der Waals surface area contributed by atoms with Crippen LogP contribution in [0.25, 0.3) is 10.2 Å². The Labute approximate surface area is 81.4 Å². The number of benzene rings is 1. The molecule has 0 bridgehead atoms. The molecule has 0 aliphatic rings. The number of hydrogen-bond acceptors (Lipinski definition) is 2.